The Kier molecular flexibility index (Phi) is 3.28. The van der Waals surface area contributed by atoms with Crippen LogP contribution < -0.4 is 0 Å². The molecular formula is C9H10O5. The highest BCUT2D eigenvalue weighted by Crippen LogP contribution is 2.10. The van der Waals surface area contributed by atoms with E-state index in [9.17, 15) is 9.59 Å². The molecule has 5 nitrogen and oxygen atoms in total. The van der Waals surface area contributed by atoms with Gasteiger partial charge in [-0.05, 0) is 13.0 Å². The second-order valence-corrected chi connectivity index (χ2v) is 2.68. The number of ether oxygens (including phenoxy) is 2. The van der Waals surface area contributed by atoms with Gasteiger partial charge in [0.1, 0.15) is 5.76 Å². The number of esters is 1. The predicted octanol–water partition coefficient (Wildman–Crippen LogP) is 0.822. The summed E-state index contributed by atoms with van der Waals surface area (Å²) in [7, 11) is 0. The number of aliphatic hydroxyl groups is 1. The molecule has 0 aromatic carbocycles. The number of allylic oxidation sites excluding steroid dienone is 1. The van der Waals surface area contributed by atoms with Crippen molar-refractivity contribution in [3.8, 4) is 0 Å². The highest BCUT2D eigenvalue weighted by molar-refractivity contribution is 5.96. The number of Topliss-reactive ketones (excluding diaryl/α,β-unsaturated/α-hetero) is 1. The van der Waals surface area contributed by atoms with Gasteiger partial charge in [-0.3, -0.25) is 9.59 Å². The Morgan fingerprint density at radius 1 is 1.43 bits per heavy atom. The lowest BCUT2D eigenvalue weighted by atomic mass is 10.3. The Labute approximate surface area is 80.6 Å². The molecule has 2 aliphatic heterocycles. The van der Waals surface area contributed by atoms with Crippen LogP contribution in [0.2, 0.25) is 0 Å². The largest absolute Gasteiger partial charge is 0.502 e. The lowest BCUT2D eigenvalue weighted by Gasteiger charge is -1.88. The summed E-state index contributed by atoms with van der Waals surface area (Å²) in [6.45, 7) is 1.55. The van der Waals surface area contributed by atoms with Gasteiger partial charge >= 0.3 is 5.97 Å². The van der Waals surface area contributed by atoms with Crippen molar-refractivity contribution >= 4 is 11.8 Å². The van der Waals surface area contributed by atoms with Crippen LogP contribution in [-0.4, -0.2) is 23.5 Å². The molecule has 2 aliphatic rings. The highest BCUT2D eigenvalue weighted by atomic mass is 16.5. The topological polar surface area (TPSA) is 72.8 Å². The number of ketones is 1. The minimum Gasteiger partial charge on any atom is -0.502 e. The molecule has 0 spiro atoms. The molecule has 0 aromatic heterocycles. The number of carbonyl (C=O) groups excluding carboxylic acids is 2. The van der Waals surface area contributed by atoms with E-state index >= 15 is 0 Å². The molecule has 0 unspecified atom stereocenters. The third-order valence-corrected chi connectivity index (χ3v) is 1.60. The van der Waals surface area contributed by atoms with Gasteiger partial charge < -0.3 is 14.6 Å². The summed E-state index contributed by atoms with van der Waals surface area (Å²) < 4.78 is 8.99. The fourth-order valence-corrected chi connectivity index (χ4v) is 0.823. The molecule has 1 N–H and O–H groups in total. The van der Waals surface area contributed by atoms with Crippen molar-refractivity contribution in [2.24, 2.45) is 0 Å². The Hall–Kier alpha value is -1.78. The molecule has 0 amide bonds. The molecule has 0 bridgehead atoms. The first-order chi connectivity index (χ1) is 6.61. The summed E-state index contributed by atoms with van der Waals surface area (Å²) in [4.78, 5) is 20.3. The Morgan fingerprint density at radius 3 is 2.29 bits per heavy atom. The third kappa shape index (κ3) is 2.62. The van der Waals surface area contributed by atoms with E-state index in [1.165, 1.54) is 6.26 Å². The zero-order chi connectivity index (χ0) is 10.6. The smallest absolute Gasteiger partial charge is 0.314 e. The van der Waals surface area contributed by atoms with E-state index in [1.54, 1.807) is 13.0 Å². The Morgan fingerprint density at radius 2 is 2.14 bits per heavy atom. The first kappa shape index (κ1) is 10.3. The Balaban J connectivity index is 0.000000146. The highest BCUT2D eigenvalue weighted by Gasteiger charge is 2.19. The number of aliphatic hydroxyl groups excluding tert-OH is 1. The van der Waals surface area contributed by atoms with Crippen molar-refractivity contribution in [1.82, 2.24) is 0 Å². The molecule has 0 atom stereocenters. The van der Waals surface area contributed by atoms with Crippen LogP contribution in [0, 0.1) is 0 Å². The molecular weight excluding hydrogens is 188 g/mol. The molecule has 0 saturated carbocycles. The van der Waals surface area contributed by atoms with Crippen molar-refractivity contribution in [3.63, 3.8) is 0 Å². The van der Waals surface area contributed by atoms with E-state index < -0.39 is 0 Å². The van der Waals surface area contributed by atoms with Crippen LogP contribution in [0.25, 0.3) is 0 Å². The maximum Gasteiger partial charge on any atom is 0.314 e. The average molecular weight is 198 g/mol. The SMILES string of the molecule is CC1=C(O)C(=O)CO1.O=C1CC=CO1. The predicted molar refractivity (Wildman–Crippen MR) is 46.1 cm³/mol. The summed E-state index contributed by atoms with van der Waals surface area (Å²) >= 11 is 0. The number of hydrogen-bond donors (Lipinski definition) is 1. The van der Waals surface area contributed by atoms with Crippen molar-refractivity contribution in [2.45, 2.75) is 13.3 Å². The van der Waals surface area contributed by atoms with E-state index in [0.717, 1.165) is 0 Å². The fourth-order valence-electron chi connectivity index (χ4n) is 0.823. The lowest BCUT2D eigenvalue weighted by molar-refractivity contribution is -0.135. The zero-order valence-electron chi connectivity index (χ0n) is 7.65. The minimum absolute atomic E-state index is 0.00231. The van der Waals surface area contributed by atoms with Crippen LogP contribution in [0.3, 0.4) is 0 Å². The normalized spacial score (nSPS) is 18.9. The molecule has 0 aromatic rings. The van der Waals surface area contributed by atoms with Crippen LogP contribution >= 0.6 is 0 Å². The second kappa shape index (κ2) is 4.45. The monoisotopic (exact) mass is 198 g/mol. The van der Waals surface area contributed by atoms with E-state index in [4.69, 9.17) is 5.11 Å². The van der Waals surface area contributed by atoms with Gasteiger partial charge in [0.25, 0.3) is 0 Å². The van der Waals surface area contributed by atoms with E-state index in [2.05, 4.69) is 9.47 Å². The number of hydrogen-bond acceptors (Lipinski definition) is 5. The van der Waals surface area contributed by atoms with Gasteiger partial charge in [-0.15, -0.1) is 0 Å². The molecule has 76 valence electrons. The van der Waals surface area contributed by atoms with Gasteiger partial charge in [0, 0.05) is 0 Å². The molecule has 0 saturated heterocycles. The van der Waals surface area contributed by atoms with Crippen molar-refractivity contribution in [2.75, 3.05) is 6.61 Å². The molecule has 5 heteroatoms. The molecule has 0 aliphatic carbocycles. The van der Waals surface area contributed by atoms with E-state index in [0.29, 0.717) is 12.2 Å². The fraction of sp³-hybridized carbons (Fsp3) is 0.333. The number of cyclic esters (lactones) is 1. The summed E-state index contributed by atoms with van der Waals surface area (Å²) in [6, 6.07) is 0. The van der Waals surface area contributed by atoms with Crippen LogP contribution in [-0.2, 0) is 19.1 Å². The first-order valence-corrected chi connectivity index (χ1v) is 4.01. The summed E-state index contributed by atoms with van der Waals surface area (Å²) in [5.41, 5.74) is 0. The van der Waals surface area contributed by atoms with E-state index in [-0.39, 0.29) is 24.1 Å². The quantitative estimate of drug-likeness (QED) is 0.583. The van der Waals surface area contributed by atoms with Crippen LogP contribution in [0.15, 0.2) is 23.9 Å². The van der Waals surface area contributed by atoms with E-state index in [1.807, 2.05) is 0 Å². The van der Waals surface area contributed by atoms with Gasteiger partial charge in [0.05, 0.1) is 12.7 Å². The summed E-state index contributed by atoms with van der Waals surface area (Å²) in [5, 5.41) is 8.67. The third-order valence-electron chi connectivity index (χ3n) is 1.60. The lowest BCUT2D eigenvalue weighted by Crippen LogP contribution is -1.99. The maximum absolute atomic E-state index is 10.4. The second-order valence-electron chi connectivity index (χ2n) is 2.68. The molecule has 2 rings (SSSR count). The minimum atomic E-state index is -0.331. The number of rotatable bonds is 0. The van der Waals surface area contributed by atoms with Crippen molar-refractivity contribution < 1.29 is 24.2 Å². The van der Waals surface area contributed by atoms with Crippen molar-refractivity contribution in [3.05, 3.63) is 23.9 Å². The average Bonchev–Trinajstić information content (AvgIpc) is 2.73. The molecule has 14 heavy (non-hydrogen) atoms. The standard InChI is InChI=1S/C5H6O3.C4H4O2/c1-3-5(7)4(6)2-8-3;5-4-2-1-3-6-4/h7H,2H2,1H3;1,3H,2H2. The van der Waals surface area contributed by atoms with Crippen molar-refractivity contribution in [1.29, 1.82) is 0 Å². The number of carbonyl (C=O) groups is 2. The summed E-state index contributed by atoms with van der Waals surface area (Å²) in [5.74, 6) is -0.391. The Bertz CT molecular complexity index is 303. The van der Waals surface area contributed by atoms with Gasteiger partial charge in [-0.25, -0.2) is 0 Å². The van der Waals surface area contributed by atoms with Crippen LogP contribution in [0.5, 0.6) is 0 Å². The van der Waals surface area contributed by atoms with Crippen LogP contribution in [0.4, 0.5) is 0 Å². The molecule has 2 heterocycles. The molecule has 0 radical (unpaired) electrons. The maximum atomic E-state index is 10.4. The van der Waals surface area contributed by atoms with Gasteiger partial charge in [-0.1, -0.05) is 0 Å². The summed E-state index contributed by atoms with van der Waals surface area (Å²) in [6.07, 6.45) is 3.53. The van der Waals surface area contributed by atoms with Gasteiger partial charge in [0.15, 0.2) is 6.61 Å². The van der Waals surface area contributed by atoms with Gasteiger partial charge in [0.2, 0.25) is 11.5 Å². The first-order valence-electron chi connectivity index (χ1n) is 4.01. The van der Waals surface area contributed by atoms with Gasteiger partial charge in [-0.2, -0.15) is 0 Å². The zero-order valence-corrected chi connectivity index (χ0v) is 7.65. The van der Waals surface area contributed by atoms with Crippen LogP contribution in [0.1, 0.15) is 13.3 Å². The molecule has 0 fully saturated rings.